The van der Waals surface area contributed by atoms with Gasteiger partial charge in [0.05, 0.1) is 12.6 Å². The van der Waals surface area contributed by atoms with Crippen LogP contribution in [0.25, 0.3) is 0 Å². The molecule has 1 aromatic carbocycles. The number of aliphatic hydroxyl groups excluding tert-OH is 1. The molecule has 4 heteroatoms. The summed E-state index contributed by atoms with van der Waals surface area (Å²) in [5, 5.41) is 14.2. The molecule has 1 atom stereocenters. The van der Waals surface area contributed by atoms with Crippen molar-refractivity contribution in [2.24, 2.45) is 0 Å². The highest BCUT2D eigenvalue weighted by molar-refractivity contribution is 5.15. The third-order valence-electron chi connectivity index (χ3n) is 2.66. The summed E-state index contributed by atoms with van der Waals surface area (Å²) in [6.07, 6.45) is 0.205. The summed E-state index contributed by atoms with van der Waals surface area (Å²) in [5.41, 5.74) is 1.13. The molecule has 0 bridgehead atoms. The molecule has 0 spiro atoms. The highest BCUT2D eigenvalue weighted by Crippen LogP contribution is 2.06. The number of aliphatic hydroxyl groups is 1. The predicted molar refractivity (Wildman–Crippen MR) is 65.6 cm³/mol. The van der Waals surface area contributed by atoms with Crippen LogP contribution in [0.5, 0.6) is 0 Å². The standard InChI is InChI=1S/C13H17N3O/c1-10-14-11(2)16(15-10)9-13(17)8-12-6-4-3-5-7-12/h3-7,13,17H,8-9H2,1-2H3. The maximum absolute atomic E-state index is 10.0. The zero-order valence-electron chi connectivity index (χ0n) is 10.2. The first-order chi connectivity index (χ1) is 8.15. The first-order valence-corrected chi connectivity index (χ1v) is 5.75. The van der Waals surface area contributed by atoms with Crippen LogP contribution in [0, 0.1) is 13.8 Å². The van der Waals surface area contributed by atoms with Crippen LogP contribution >= 0.6 is 0 Å². The van der Waals surface area contributed by atoms with Gasteiger partial charge in [0, 0.05) is 6.42 Å². The van der Waals surface area contributed by atoms with Gasteiger partial charge in [0.2, 0.25) is 0 Å². The topological polar surface area (TPSA) is 50.9 Å². The minimum atomic E-state index is -0.433. The van der Waals surface area contributed by atoms with Gasteiger partial charge in [-0.2, -0.15) is 5.10 Å². The first-order valence-electron chi connectivity index (χ1n) is 5.75. The van der Waals surface area contributed by atoms with Crippen LogP contribution in [0.1, 0.15) is 17.2 Å². The van der Waals surface area contributed by atoms with Gasteiger partial charge in [-0.25, -0.2) is 9.67 Å². The van der Waals surface area contributed by atoms with E-state index in [2.05, 4.69) is 10.1 Å². The van der Waals surface area contributed by atoms with E-state index in [4.69, 9.17) is 0 Å². The Kier molecular flexibility index (Phi) is 3.54. The van der Waals surface area contributed by atoms with Gasteiger partial charge in [-0.3, -0.25) is 0 Å². The zero-order chi connectivity index (χ0) is 12.3. The minimum Gasteiger partial charge on any atom is -0.391 e. The van der Waals surface area contributed by atoms with Crippen molar-refractivity contribution < 1.29 is 5.11 Å². The zero-order valence-corrected chi connectivity index (χ0v) is 10.2. The summed E-state index contributed by atoms with van der Waals surface area (Å²) in [4.78, 5) is 4.21. The Balaban J connectivity index is 1.98. The van der Waals surface area contributed by atoms with Crippen LogP contribution in [0.4, 0.5) is 0 Å². The molecule has 1 aromatic heterocycles. The van der Waals surface area contributed by atoms with Gasteiger partial charge < -0.3 is 5.11 Å². The van der Waals surface area contributed by atoms with Gasteiger partial charge in [0.15, 0.2) is 0 Å². The van der Waals surface area contributed by atoms with E-state index in [1.54, 1.807) is 4.68 Å². The number of hydrogen-bond acceptors (Lipinski definition) is 3. The number of hydrogen-bond donors (Lipinski definition) is 1. The second-order valence-electron chi connectivity index (χ2n) is 4.23. The lowest BCUT2D eigenvalue weighted by molar-refractivity contribution is 0.148. The number of rotatable bonds is 4. The van der Waals surface area contributed by atoms with Crippen molar-refractivity contribution in [1.29, 1.82) is 0 Å². The third-order valence-corrected chi connectivity index (χ3v) is 2.66. The largest absolute Gasteiger partial charge is 0.391 e. The van der Waals surface area contributed by atoms with Crippen LogP contribution in [-0.2, 0) is 13.0 Å². The number of aromatic nitrogens is 3. The van der Waals surface area contributed by atoms with Crippen molar-refractivity contribution in [1.82, 2.24) is 14.8 Å². The summed E-state index contributed by atoms with van der Waals surface area (Å²) in [6, 6.07) is 9.96. The van der Waals surface area contributed by atoms with Gasteiger partial charge in [0.25, 0.3) is 0 Å². The summed E-state index contributed by atoms with van der Waals surface area (Å²) < 4.78 is 1.75. The molecule has 0 aliphatic heterocycles. The lowest BCUT2D eigenvalue weighted by atomic mass is 10.1. The predicted octanol–water partition coefficient (Wildman–Crippen LogP) is 1.50. The van der Waals surface area contributed by atoms with Crippen molar-refractivity contribution >= 4 is 0 Å². The molecule has 0 radical (unpaired) electrons. The van der Waals surface area contributed by atoms with Gasteiger partial charge in [-0.1, -0.05) is 30.3 Å². The van der Waals surface area contributed by atoms with Crippen LogP contribution in [-0.4, -0.2) is 26.0 Å². The van der Waals surface area contributed by atoms with E-state index in [1.807, 2.05) is 44.2 Å². The molecule has 0 saturated carbocycles. The second-order valence-corrected chi connectivity index (χ2v) is 4.23. The van der Waals surface area contributed by atoms with Crippen molar-refractivity contribution in [2.75, 3.05) is 0 Å². The number of aryl methyl sites for hydroxylation is 2. The van der Waals surface area contributed by atoms with E-state index < -0.39 is 6.10 Å². The SMILES string of the molecule is Cc1nc(C)n(CC(O)Cc2ccccc2)n1. The number of benzene rings is 1. The second kappa shape index (κ2) is 5.10. The molecule has 4 nitrogen and oxygen atoms in total. The van der Waals surface area contributed by atoms with Gasteiger partial charge >= 0.3 is 0 Å². The average molecular weight is 231 g/mol. The van der Waals surface area contributed by atoms with Gasteiger partial charge in [-0.15, -0.1) is 0 Å². The fourth-order valence-electron chi connectivity index (χ4n) is 1.88. The summed E-state index contributed by atoms with van der Waals surface area (Å²) >= 11 is 0. The van der Waals surface area contributed by atoms with Crippen LogP contribution in [0.3, 0.4) is 0 Å². The average Bonchev–Trinajstić information content (AvgIpc) is 2.58. The first kappa shape index (κ1) is 11.8. The molecular weight excluding hydrogens is 214 g/mol. The molecule has 0 aliphatic carbocycles. The highest BCUT2D eigenvalue weighted by atomic mass is 16.3. The Hall–Kier alpha value is -1.68. The summed E-state index contributed by atoms with van der Waals surface area (Å²) in [5.74, 6) is 1.59. The van der Waals surface area contributed by atoms with E-state index in [1.165, 1.54) is 0 Å². The molecule has 2 aromatic rings. The summed E-state index contributed by atoms with van der Waals surface area (Å²) in [6.45, 7) is 4.24. The van der Waals surface area contributed by atoms with E-state index in [9.17, 15) is 5.11 Å². The molecule has 0 saturated heterocycles. The monoisotopic (exact) mass is 231 g/mol. The van der Waals surface area contributed by atoms with E-state index in [0.29, 0.717) is 13.0 Å². The van der Waals surface area contributed by atoms with Gasteiger partial charge in [-0.05, 0) is 19.4 Å². The maximum atomic E-state index is 10.0. The Morgan fingerprint density at radius 2 is 1.94 bits per heavy atom. The van der Waals surface area contributed by atoms with E-state index in [0.717, 1.165) is 17.2 Å². The molecule has 1 N–H and O–H groups in total. The Labute approximate surface area is 101 Å². The van der Waals surface area contributed by atoms with Crippen LogP contribution < -0.4 is 0 Å². The van der Waals surface area contributed by atoms with Gasteiger partial charge in [0.1, 0.15) is 11.6 Å². The Bertz CT molecular complexity index is 479. The lowest BCUT2D eigenvalue weighted by Crippen LogP contribution is -2.20. The van der Waals surface area contributed by atoms with Crippen LogP contribution in [0.2, 0.25) is 0 Å². The fraction of sp³-hybridized carbons (Fsp3) is 0.385. The highest BCUT2D eigenvalue weighted by Gasteiger charge is 2.10. The van der Waals surface area contributed by atoms with E-state index in [-0.39, 0.29) is 0 Å². The molecule has 2 rings (SSSR count). The normalized spacial score (nSPS) is 12.6. The smallest absolute Gasteiger partial charge is 0.147 e. The molecule has 0 amide bonds. The van der Waals surface area contributed by atoms with Crippen molar-refractivity contribution in [3.05, 3.63) is 47.5 Å². The molecule has 0 aliphatic rings. The summed E-state index contributed by atoms with van der Waals surface area (Å²) in [7, 11) is 0. The number of nitrogens with zero attached hydrogens (tertiary/aromatic N) is 3. The molecule has 1 heterocycles. The minimum absolute atomic E-state index is 0.433. The quantitative estimate of drug-likeness (QED) is 0.867. The maximum Gasteiger partial charge on any atom is 0.147 e. The lowest BCUT2D eigenvalue weighted by Gasteiger charge is -2.11. The Morgan fingerprint density at radius 1 is 1.24 bits per heavy atom. The molecule has 0 fully saturated rings. The molecule has 17 heavy (non-hydrogen) atoms. The fourth-order valence-corrected chi connectivity index (χ4v) is 1.88. The van der Waals surface area contributed by atoms with Crippen molar-refractivity contribution in [2.45, 2.75) is 32.9 Å². The van der Waals surface area contributed by atoms with Crippen molar-refractivity contribution in [3.8, 4) is 0 Å². The third kappa shape index (κ3) is 3.14. The van der Waals surface area contributed by atoms with Crippen molar-refractivity contribution in [3.63, 3.8) is 0 Å². The van der Waals surface area contributed by atoms with Crippen LogP contribution in [0.15, 0.2) is 30.3 Å². The molecular formula is C13H17N3O. The molecule has 1 unspecified atom stereocenters. The molecule has 90 valence electrons. The van der Waals surface area contributed by atoms with E-state index >= 15 is 0 Å². The Morgan fingerprint density at radius 3 is 2.53 bits per heavy atom.